The lowest BCUT2D eigenvalue weighted by Gasteiger charge is -2.30. The summed E-state index contributed by atoms with van der Waals surface area (Å²) in [5.41, 5.74) is 6.50. The first kappa shape index (κ1) is 25.7. The van der Waals surface area contributed by atoms with Gasteiger partial charge in [0.1, 0.15) is 11.3 Å². The third-order valence-corrected chi connectivity index (χ3v) is 7.81. The minimum absolute atomic E-state index is 0.138. The maximum Gasteiger partial charge on any atom is 0.223 e. The maximum atomic E-state index is 12.6. The Labute approximate surface area is 219 Å². The SMILES string of the molecule is Cc1cc(C)c2nc(C)n(Cc3ccc(NC4CCC(C(=O)NCCN5CCOCC5)CC4)cc3)c2n1. The van der Waals surface area contributed by atoms with Gasteiger partial charge in [0.05, 0.1) is 19.8 Å². The number of anilines is 1. The van der Waals surface area contributed by atoms with Gasteiger partial charge in [-0.25, -0.2) is 9.97 Å². The van der Waals surface area contributed by atoms with Crippen molar-refractivity contribution in [2.75, 3.05) is 44.7 Å². The molecule has 1 saturated heterocycles. The van der Waals surface area contributed by atoms with Crippen LogP contribution in [0.15, 0.2) is 30.3 Å². The third kappa shape index (κ3) is 6.30. The number of ether oxygens (including phenoxy) is 1. The number of benzene rings is 1. The molecule has 2 fully saturated rings. The first-order chi connectivity index (χ1) is 18.0. The molecule has 1 aliphatic heterocycles. The normalized spacial score (nSPS) is 20.7. The van der Waals surface area contributed by atoms with E-state index in [1.54, 1.807) is 0 Å². The maximum absolute atomic E-state index is 12.6. The van der Waals surface area contributed by atoms with E-state index in [1.165, 1.54) is 11.1 Å². The monoisotopic (exact) mass is 504 g/mol. The van der Waals surface area contributed by atoms with Gasteiger partial charge in [-0.3, -0.25) is 9.69 Å². The zero-order valence-electron chi connectivity index (χ0n) is 22.4. The minimum atomic E-state index is 0.138. The minimum Gasteiger partial charge on any atom is -0.382 e. The van der Waals surface area contributed by atoms with Crippen LogP contribution in [0.4, 0.5) is 5.69 Å². The number of aryl methyl sites for hydroxylation is 3. The Balaban J connectivity index is 1.09. The van der Waals surface area contributed by atoms with Crippen molar-refractivity contribution in [2.24, 2.45) is 5.92 Å². The number of nitrogens with one attached hydrogen (secondary N) is 2. The van der Waals surface area contributed by atoms with Crippen molar-refractivity contribution in [2.45, 2.75) is 59.0 Å². The number of aromatic nitrogens is 3. The summed E-state index contributed by atoms with van der Waals surface area (Å²) < 4.78 is 7.59. The summed E-state index contributed by atoms with van der Waals surface area (Å²) in [6, 6.07) is 11.2. The van der Waals surface area contributed by atoms with Crippen molar-refractivity contribution >= 4 is 22.8 Å². The van der Waals surface area contributed by atoms with Crippen molar-refractivity contribution in [1.29, 1.82) is 0 Å². The van der Waals surface area contributed by atoms with E-state index in [4.69, 9.17) is 14.7 Å². The Morgan fingerprint density at radius 1 is 1.03 bits per heavy atom. The number of morpholine rings is 1. The fourth-order valence-electron chi connectivity index (χ4n) is 5.63. The summed E-state index contributed by atoms with van der Waals surface area (Å²) in [6.07, 6.45) is 3.93. The predicted molar refractivity (Wildman–Crippen MR) is 147 cm³/mol. The van der Waals surface area contributed by atoms with Gasteiger partial charge in [-0.1, -0.05) is 12.1 Å². The molecule has 3 heterocycles. The van der Waals surface area contributed by atoms with Gasteiger partial charge in [0, 0.05) is 49.5 Å². The molecule has 1 amide bonds. The van der Waals surface area contributed by atoms with E-state index in [0.717, 1.165) is 100.0 Å². The van der Waals surface area contributed by atoms with Crippen LogP contribution in [0.5, 0.6) is 0 Å². The number of imidazole rings is 1. The summed E-state index contributed by atoms with van der Waals surface area (Å²) in [4.78, 5) is 24.5. The predicted octanol–water partition coefficient (Wildman–Crippen LogP) is 3.82. The Morgan fingerprint density at radius 2 is 1.76 bits per heavy atom. The summed E-state index contributed by atoms with van der Waals surface area (Å²) in [5, 5.41) is 6.84. The standard InChI is InChI=1S/C29H40N6O2/c1-20-18-21(2)31-28-27(20)32-22(3)35(28)19-23-4-8-25(9-5-23)33-26-10-6-24(7-11-26)29(36)30-12-13-34-14-16-37-17-15-34/h4-5,8-9,18,24,26,33H,6-7,10-17,19H2,1-3H3,(H,30,36). The quantitative estimate of drug-likeness (QED) is 0.485. The van der Waals surface area contributed by atoms with Crippen molar-refractivity contribution in [1.82, 2.24) is 24.8 Å². The zero-order chi connectivity index (χ0) is 25.8. The smallest absolute Gasteiger partial charge is 0.223 e. The van der Waals surface area contributed by atoms with Gasteiger partial charge in [-0.05, 0) is 75.8 Å². The molecule has 0 unspecified atom stereocenters. The summed E-state index contributed by atoms with van der Waals surface area (Å²) in [7, 11) is 0. The van der Waals surface area contributed by atoms with Crippen LogP contribution in [0.1, 0.15) is 48.3 Å². The summed E-state index contributed by atoms with van der Waals surface area (Å²) >= 11 is 0. The Kier molecular flexibility index (Phi) is 8.05. The van der Waals surface area contributed by atoms with E-state index in [1.807, 2.05) is 13.8 Å². The first-order valence-electron chi connectivity index (χ1n) is 13.7. The molecular formula is C29H40N6O2. The molecule has 0 atom stereocenters. The number of fused-ring (bicyclic) bond motifs is 1. The van der Waals surface area contributed by atoms with Crippen molar-refractivity contribution in [3.8, 4) is 0 Å². The average Bonchev–Trinajstić information content (AvgIpc) is 3.21. The molecule has 2 aromatic heterocycles. The van der Waals surface area contributed by atoms with Crippen LogP contribution in [-0.4, -0.2) is 70.8 Å². The third-order valence-electron chi connectivity index (χ3n) is 7.81. The topological polar surface area (TPSA) is 84.3 Å². The van der Waals surface area contributed by atoms with Gasteiger partial charge in [0.2, 0.25) is 5.91 Å². The van der Waals surface area contributed by atoms with E-state index in [0.29, 0.717) is 6.04 Å². The second-order valence-electron chi connectivity index (χ2n) is 10.6. The molecule has 5 rings (SSSR count). The largest absolute Gasteiger partial charge is 0.382 e. The molecule has 0 bridgehead atoms. The van der Waals surface area contributed by atoms with Crippen LogP contribution in [0.3, 0.4) is 0 Å². The fraction of sp³-hybridized carbons (Fsp3) is 0.552. The van der Waals surface area contributed by atoms with E-state index >= 15 is 0 Å². The highest BCUT2D eigenvalue weighted by molar-refractivity contribution is 5.78. The van der Waals surface area contributed by atoms with E-state index < -0.39 is 0 Å². The number of hydrogen-bond donors (Lipinski definition) is 2. The number of hydrogen-bond acceptors (Lipinski definition) is 6. The molecule has 0 spiro atoms. The molecule has 198 valence electrons. The number of rotatable bonds is 8. The van der Waals surface area contributed by atoms with Crippen LogP contribution in [0, 0.1) is 26.7 Å². The van der Waals surface area contributed by atoms with Gasteiger partial charge in [0.15, 0.2) is 5.65 Å². The summed E-state index contributed by atoms with van der Waals surface area (Å²) in [6.45, 7) is 12.1. The first-order valence-corrected chi connectivity index (χ1v) is 13.7. The zero-order valence-corrected chi connectivity index (χ0v) is 22.4. The molecule has 0 radical (unpaired) electrons. The van der Waals surface area contributed by atoms with Crippen LogP contribution in [0.2, 0.25) is 0 Å². The van der Waals surface area contributed by atoms with E-state index in [2.05, 4.69) is 57.4 Å². The number of carbonyl (C=O) groups excluding carboxylic acids is 1. The lowest BCUT2D eigenvalue weighted by atomic mass is 9.85. The number of amides is 1. The molecule has 37 heavy (non-hydrogen) atoms. The van der Waals surface area contributed by atoms with Crippen molar-refractivity contribution in [3.05, 3.63) is 53.0 Å². The molecule has 1 aliphatic carbocycles. The highest BCUT2D eigenvalue weighted by Crippen LogP contribution is 2.27. The van der Waals surface area contributed by atoms with Crippen LogP contribution in [0.25, 0.3) is 11.2 Å². The van der Waals surface area contributed by atoms with Gasteiger partial charge >= 0.3 is 0 Å². The average molecular weight is 505 g/mol. The number of nitrogens with zero attached hydrogens (tertiary/aromatic N) is 4. The van der Waals surface area contributed by atoms with Gasteiger partial charge < -0.3 is 19.9 Å². The van der Waals surface area contributed by atoms with Crippen molar-refractivity contribution in [3.63, 3.8) is 0 Å². The molecule has 1 aromatic carbocycles. The molecule has 8 nitrogen and oxygen atoms in total. The second kappa shape index (κ2) is 11.6. The van der Waals surface area contributed by atoms with Crippen LogP contribution in [-0.2, 0) is 16.1 Å². The highest BCUT2D eigenvalue weighted by atomic mass is 16.5. The van der Waals surface area contributed by atoms with Gasteiger partial charge in [-0.2, -0.15) is 0 Å². The van der Waals surface area contributed by atoms with Crippen LogP contribution < -0.4 is 10.6 Å². The molecular weight excluding hydrogens is 464 g/mol. The lowest BCUT2D eigenvalue weighted by molar-refractivity contribution is -0.126. The van der Waals surface area contributed by atoms with Crippen molar-refractivity contribution < 1.29 is 9.53 Å². The molecule has 2 aliphatic rings. The fourth-order valence-corrected chi connectivity index (χ4v) is 5.63. The van der Waals surface area contributed by atoms with E-state index in [9.17, 15) is 4.79 Å². The number of carbonyl (C=O) groups is 1. The second-order valence-corrected chi connectivity index (χ2v) is 10.6. The summed E-state index contributed by atoms with van der Waals surface area (Å²) in [5.74, 6) is 1.35. The van der Waals surface area contributed by atoms with Crippen LogP contribution >= 0.6 is 0 Å². The lowest BCUT2D eigenvalue weighted by Crippen LogP contribution is -2.43. The number of pyridine rings is 1. The Morgan fingerprint density at radius 3 is 2.49 bits per heavy atom. The highest BCUT2D eigenvalue weighted by Gasteiger charge is 2.26. The molecule has 8 heteroatoms. The molecule has 3 aromatic rings. The molecule has 1 saturated carbocycles. The van der Waals surface area contributed by atoms with E-state index in [-0.39, 0.29) is 11.8 Å². The van der Waals surface area contributed by atoms with Gasteiger partial charge in [0.25, 0.3) is 0 Å². The molecule has 2 N–H and O–H groups in total. The Hall–Kier alpha value is -2.97. The Bertz CT molecular complexity index is 1210. The van der Waals surface area contributed by atoms with Gasteiger partial charge in [-0.15, -0.1) is 0 Å².